The van der Waals surface area contributed by atoms with Gasteiger partial charge in [-0.3, -0.25) is 4.79 Å². The molecule has 0 bridgehead atoms. The predicted molar refractivity (Wildman–Crippen MR) is 102 cm³/mol. The van der Waals surface area contributed by atoms with Gasteiger partial charge >= 0.3 is 0 Å². The Labute approximate surface area is 156 Å². The van der Waals surface area contributed by atoms with Crippen molar-refractivity contribution in [2.45, 2.75) is 24.4 Å². The van der Waals surface area contributed by atoms with Gasteiger partial charge in [-0.15, -0.1) is 0 Å². The highest BCUT2D eigenvalue weighted by atomic mass is 32.2. The molecule has 7 heteroatoms. The maximum atomic E-state index is 12.8. The van der Waals surface area contributed by atoms with Crippen molar-refractivity contribution in [2.24, 2.45) is 5.92 Å². The lowest BCUT2D eigenvalue weighted by atomic mass is 9.94. The molecule has 1 N–H and O–H groups in total. The zero-order valence-electron chi connectivity index (χ0n) is 14.7. The standard InChI is InChI=1S/C19H21N5OS/c1-26-19-20-10-14(11-21-19)18(25)24-8-4-5-13(12-24)9-17-22-15-6-2-3-7-16(15)23-17/h2-3,6-7,10-11,13H,4-5,8-9,12H2,1H3,(H,22,23)/t13-/m0/s1. The van der Waals surface area contributed by atoms with Gasteiger partial charge in [0, 0.05) is 31.9 Å². The van der Waals surface area contributed by atoms with Gasteiger partial charge in [-0.05, 0) is 37.1 Å². The van der Waals surface area contributed by atoms with E-state index >= 15 is 0 Å². The molecule has 0 saturated carbocycles. The van der Waals surface area contributed by atoms with Crippen LogP contribution in [-0.4, -0.2) is 50.1 Å². The summed E-state index contributed by atoms with van der Waals surface area (Å²) in [7, 11) is 0. The van der Waals surface area contributed by atoms with E-state index in [9.17, 15) is 4.79 Å². The SMILES string of the molecule is CSc1ncc(C(=O)N2CCC[C@@H](Cc3nc4ccccc4[nH]3)C2)cn1. The summed E-state index contributed by atoms with van der Waals surface area (Å²) in [6, 6.07) is 8.07. The van der Waals surface area contributed by atoms with Crippen LogP contribution in [0.25, 0.3) is 11.0 Å². The molecular weight excluding hydrogens is 346 g/mol. The summed E-state index contributed by atoms with van der Waals surface area (Å²) in [6.45, 7) is 1.54. The summed E-state index contributed by atoms with van der Waals surface area (Å²) in [5, 5.41) is 0.683. The number of rotatable bonds is 4. The third-order valence-electron chi connectivity index (χ3n) is 4.78. The number of piperidine rings is 1. The fourth-order valence-corrected chi connectivity index (χ4v) is 3.82. The minimum Gasteiger partial charge on any atom is -0.342 e. The van der Waals surface area contributed by atoms with Gasteiger partial charge in [0.1, 0.15) is 5.82 Å². The van der Waals surface area contributed by atoms with Crippen molar-refractivity contribution in [1.29, 1.82) is 0 Å². The van der Waals surface area contributed by atoms with Crippen LogP contribution in [-0.2, 0) is 6.42 Å². The molecule has 4 rings (SSSR count). The molecular formula is C19H21N5OS. The van der Waals surface area contributed by atoms with Crippen molar-refractivity contribution >= 4 is 28.7 Å². The molecule has 6 nitrogen and oxygen atoms in total. The van der Waals surface area contributed by atoms with Crippen molar-refractivity contribution in [3.05, 3.63) is 48.0 Å². The summed E-state index contributed by atoms with van der Waals surface area (Å²) in [5.41, 5.74) is 2.63. The Kier molecular flexibility index (Phi) is 4.88. The summed E-state index contributed by atoms with van der Waals surface area (Å²) < 4.78 is 0. The molecule has 134 valence electrons. The number of fused-ring (bicyclic) bond motifs is 1. The van der Waals surface area contributed by atoms with Gasteiger partial charge in [-0.2, -0.15) is 0 Å². The van der Waals surface area contributed by atoms with Crippen LogP contribution in [0.15, 0.2) is 41.8 Å². The first-order chi connectivity index (χ1) is 12.7. The number of hydrogen-bond donors (Lipinski definition) is 1. The number of aromatic nitrogens is 4. The number of hydrogen-bond acceptors (Lipinski definition) is 5. The first-order valence-electron chi connectivity index (χ1n) is 8.82. The largest absolute Gasteiger partial charge is 0.342 e. The molecule has 0 spiro atoms. The summed E-state index contributed by atoms with van der Waals surface area (Å²) in [5.74, 6) is 1.43. The fourth-order valence-electron chi connectivity index (χ4n) is 3.51. The zero-order valence-corrected chi connectivity index (χ0v) is 15.5. The van der Waals surface area contributed by atoms with Crippen molar-refractivity contribution in [1.82, 2.24) is 24.8 Å². The van der Waals surface area contributed by atoms with Gasteiger partial charge in [0.25, 0.3) is 5.91 Å². The van der Waals surface area contributed by atoms with E-state index in [-0.39, 0.29) is 5.91 Å². The number of nitrogens with zero attached hydrogens (tertiary/aromatic N) is 4. The first kappa shape index (κ1) is 17.0. The van der Waals surface area contributed by atoms with E-state index in [1.54, 1.807) is 12.4 Å². The number of likely N-dealkylation sites (tertiary alicyclic amines) is 1. The number of carbonyl (C=O) groups is 1. The van der Waals surface area contributed by atoms with Crippen molar-refractivity contribution in [3.8, 4) is 0 Å². The number of nitrogens with one attached hydrogen (secondary N) is 1. The molecule has 0 aliphatic carbocycles. The van der Waals surface area contributed by atoms with Gasteiger partial charge in [0.05, 0.1) is 16.6 Å². The minimum atomic E-state index is 0.0203. The number of benzene rings is 1. The maximum Gasteiger partial charge on any atom is 0.257 e. The number of H-pyrrole nitrogens is 1. The number of imidazole rings is 1. The Morgan fingerprint density at radius 3 is 2.88 bits per heavy atom. The molecule has 26 heavy (non-hydrogen) atoms. The van der Waals surface area contributed by atoms with E-state index in [0.29, 0.717) is 16.6 Å². The number of aromatic amines is 1. The number of para-hydroxylation sites is 2. The summed E-state index contributed by atoms with van der Waals surface area (Å²) >= 11 is 1.47. The second-order valence-electron chi connectivity index (χ2n) is 6.62. The van der Waals surface area contributed by atoms with Crippen molar-refractivity contribution in [3.63, 3.8) is 0 Å². The fraction of sp³-hybridized carbons (Fsp3) is 0.368. The Balaban J connectivity index is 1.43. The van der Waals surface area contributed by atoms with Crippen LogP contribution >= 0.6 is 11.8 Å². The van der Waals surface area contributed by atoms with Crippen molar-refractivity contribution < 1.29 is 4.79 Å². The van der Waals surface area contributed by atoms with Crippen LogP contribution in [0.4, 0.5) is 0 Å². The molecule has 3 aromatic rings. The topological polar surface area (TPSA) is 74.8 Å². The van der Waals surface area contributed by atoms with E-state index in [1.807, 2.05) is 35.4 Å². The third-order valence-corrected chi connectivity index (χ3v) is 5.36. The molecule has 1 aliphatic heterocycles. The van der Waals surface area contributed by atoms with Gasteiger partial charge in [-0.25, -0.2) is 15.0 Å². The van der Waals surface area contributed by atoms with E-state index in [2.05, 4.69) is 19.9 Å². The van der Waals surface area contributed by atoms with Gasteiger partial charge in [0.2, 0.25) is 0 Å². The van der Waals surface area contributed by atoms with Gasteiger partial charge in [0.15, 0.2) is 5.16 Å². The van der Waals surface area contributed by atoms with E-state index in [1.165, 1.54) is 11.8 Å². The second kappa shape index (κ2) is 7.45. The van der Waals surface area contributed by atoms with E-state index in [0.717, 1.165) is 49.2 Å². The van der Waals surface area contributed by atoms with Crippen LogP contribution in [0.1, 0.15) is 29.0 Å². The Hall–Kier alpha value is -2.41. The molecule has 1 atom stereocenters. The quantitative estimate of drug-likeness (QED) is 0.566. The average molecular weight is 367 g/mol. The molecule has 1 saturated heterocycles. The summed E-state index contributed by atoms with van der Waals surface area (Å²) in [6.07, 6.45) is 8.17. The monoisotopic (exact) mass is 367 g/mol. The predicted octanol–water partition coefficient (Wildman–Crippen LogP) is 3.17. The molecule has 2 aromatic heterocycles. The maximum absolute atomic E-state index is 12.8. The number of amides is 1. The second-order valence-corrected chi connectivity index (χ2v) is 7.40. The molecule has 1 fully saturated rings. The summed E-state index contributed by atoms with van der Waals surface area (Å²) in [4.78, 5) is 31.2. The number of thioether (sulfide) groups is 1. The lowest BCUT2D eigenvalue weighted by Gasteiger charge is -2.32. The molecule has 1 amide bonds. The van der Waals surface area contributed by atoms with Crippen LogP contribution in [0.3, 0.4) is 0 Å². The Morgan fingerprint density at radius 2 is 2.12 bits per heavy atom. The average Bonchev–Trinajstić information content (AvgIpc) is 3.10. The Bertz CT molecular complexity index is 875. The normalized spacial score (nSPS) is 17.6. The molecule has 3 heterocycles. The van der Waals surface area contributed by atoms with E-state index in [4.69, 9.17) is 0 Å². The molecule has 1 aromatic carbocycles. The molecule has 0 radical (unpaired) electrons. The van der Waals surface area contributed by atoms with Crippen molar-refractivity contribution in [2.75, 3.05) is 19.3 Å². The van der Waals surface area contributed by atoms with Crippen LogP contribution < -0.4 is 0 Å². The zero-order chi connectivity index (χ0) is 17.9. The van der Waals surface area contributed by atoms with Crippen LogP contribution in [0.5, 0.6) is 0 Å². The highest BCUT2D eigenvalue weighted by Crippen LogP contribution is 2.22. The van der Waals surface area contributed by atoms with Crippen LogP contribution in [0, 0.1) is 5.92 Å². The Morgan fingerprint density at radius 1 is 1.31 bits per heavy atom. The van der Waals surface area contributed by atoms with E-state index < -0.39 is 0 Å². The molecule has 1 aliphatic rings. The lowest BCUT2D eigenvalue weighted by Crippen LogP contribution is -2.40. The first-order valence-corrected chi connectivity index (χ1v) is 10.0. The van der Waals surface area contributed by atoms with Gasteiger partial charge < -0.3 is 9.88 Å². The number of carbonyl (C=O) groups excluding carboxylic acids is 1. The van der Waals surface area contributed by atoms with Crippen LogP contribution in [0.2, 0.25) is 0 Å². The lowest BCUT2D eigenvalue weighted by molar-refractivity contribution is 0.0671. The smallest absolute Gasteiger partial charge is 0.257 e. The minimum absolute atomic E-state index is 0.0203. The van der Waals surface area contributed by atoms with Gasteiger partial charge in [-0.1, -0.05) is 23.9 Å². The molecule has 0 unspecified atom stereocenters. The highest BCUT2D eigenvalue weighted by molar-refractivity contribution is 7.98. The highest BCUT2D eigenvalue weighted by Gasteiger charge is 2.25. The third kappa shape index (κ3) is 3.58.